The SMILES string of the molecule is CCc1cnc(CCNC(=NC)NCc2nnc3ccccn23)s1.I. The summed E-state index contributed by atoms with van der Waals surface area (Å²) in [6.45, 7) is 3.49. The number of aliphatic imine (C=N–C) groups is 1. The van der Waals surface area contributed by atoms with Crippen molar-refractivity contribution in [1.29, 1.82) is 0 Å². The van der Waals surface area contributed by atoms with Gasteiger partial charge in [0.1, 0.15) is 0 Å². The molecule has 134 valence electrons. The van der Waals surface area contributed by atoms with Crippen LogP contribution in [0.25, 0.3) is 5.65 Å². The number of aryl methyl sites for hydroxylation is 1. The molecule has 0 saturated carbocycles. The van der Waals surface area contributed by atoms with Gasteiger partial charge >= 0.3 is 0 Å². The van der Waals surface area contributed by atoms with Crippen LogP contribution in [0.4, 0.5) is 0 Å². The number of thiazole rings is 1. The summed E-state index contributed by atoms with van der Waals surface area (Å²) < 4.78 is 1.96. The van der Waals surface area contributed by atoms with Gasteiger partial charge < -0.3 is 10.6 Å². The molecule has 3 heterocycles. The summed E-state index contributed by atoms with van der Waals surface area (Å²) in [5.74, 6) is 1.59. The average Bonchev–Trinajstić information content (AvgIpc) is 3.24. The number of hydrogen-bond donors (Lipinski definition) is 2. The summed E-state index contributed by atoms with van der Waals surface area (Å²) >= 11 is 1.77. The van der Waals surface area contributed by atoms with Crippen molar-refractivity contribution in [2.45, 2.75) is 26.3 Å². The Bertz CT molecular complexity index is 827. The molecule has 0 bridgehead atoms. The molecular weight excluding hydrogens is 449 g/mol. The quantitative estimate of drug-likeness (QED) is 0.328. The van der Waals surface area contributed by atoms with E-state index in [2.05, 4.69) is 37.7 Å². The fourth-order valence-electron chi connectivity index (χ4n) is 2.31. The molecule has 0 radical (unpaired) electrons. The van der Waals surface area contributed by atoms with Crippen molar-refractivity contribution >= 4 is 46.9 Å². The number of hydrogen-bond acceptors (Lipinski definition) is 5. The molecule has 0 atom stereocenters. The maximum atomic E-state index is 4.43. The van der Waals surface area contributed by atoms with Crippen LogP contribution in [0.5, 0.6) is 0 Å². The molecule has 0 fully saturated rings. The number of rotatable bonds is 6. The lowest BCUT2D eigenvalue weighted by Gasteiger charge is -2.10. The second-order valence-electron chi connectivity index (χ2n) is 5.22. The molecule has 0 amide bonds. The van der Waals surface area contributed by atoms with E-state index in [0.717, 1.165) is 41.8 Å². The van der Waals surface area contributed by atoms with E-state index in [0.29, 0.717) is 6.54 Å². The van der Waals surface area contributed by atoms with Crippen molar-refractivity contribution in [3.63, 3.8) is 0 Å². The summed E-state index contributed by atoms with van der Waals surface area (Å²) in [5, 5.41) is 16.1. The number of guanidine groups is 1. The molecule has 9 heteroatoms. The first-order valence-electron chi connectivity index (χ1n) is 7.97. The van der Waals surface area contributed by atoms with Crippen LogP contribution in [0.15, 0.2) is 35.6 Å². The number of nitrogens with one attached hydrogen (secondary N) is 2. The summed E-state index contributed by atoms with van der Waals surface area (Å²) in [4.78, 5) is 9.99. The standard InChI is InChI=1S/C16H21N7S.HI/c1-3-12-10-19-15(24-12)7-8-18-16(17-2)20-11-14-22-21-13-6-4-5-9-23(13)14;/h4-6,9-10H,3,7-8,11H2,1-2H3,(H2,17,18,20);1H. The normalized spacial score (nSPS) is 11.4. The minimum Gasteiger partial charge on any atom is -0.356 e. The monoisotopic (exact) mass is 471 g/mol. The van der Waals surface area contributed by atoms with Crippen molar-refractivity contribution < 1.29 is 0 Å². The number of fused-ring (bicyclic) bond motifs is 1. The molecule has 3 aromatic heterocycles. The van der Waals surface area contributed by atoms with Crippen molar-refractivity contribution in [3.05, 3.63) is 46.3 Å². The Kier molecular flexibility index (Phi) is 7.56. The second-order valence-corrected chi connectivity index (χ2v) is 6.42. The molecule has 0 saturated heterocycles. The van der Waals surface area contributed by atoms with E-state index in [-0.39, 0.29) is 24.0 Å². The van der Waals surface area contributed by atoms with Gasteiger partial charge in [0.25, 0.3) is 0 Å². The van der Waals surface area contributed by atoms with E-state index in [1.165, 1.54) is 4.88 Å². The van der Waals surface area contributed by atoms with E-state index in [1.807, 2.05) is 35.0 Å². The third kappa shape index (κ3) is 5.11. The third-order valence-corrected chi connectivity index (χ3v) is 4.80. The first kappa shape index (κ1) is 19.6. The lowest BCUT2D eigenvalue weighted by molar-refractivity contribution is 0.756. The zero-order valence-corrected chi connectivity index (χ0v) is 17.4. The Morgan fingerprint density at radius 2 is 2.16 bits per heavy atom. The number of pyridine rings is 1. The number of halogens is 1. The van der Waals surface area contributed by atoms with Crippen molar-refractivity contribution in [2.75, 3.05) is 13.6 Å². The van der Waals surface area contributed by atoms with Gasteiger partial charge in [0, 0.05) is 37.3 Å². The lowest BCUT2D eigenvalue weighted by atomic mass is 10.4. The molecule has 0 aliphatic carbocycles. The van der Waals surface area contributed by atoms with Gasteiger partial charge in [-0.1, -0.05) is 13.0 Å². The molecule has 0 aliphatic rings. The summed E-state index contributed by atoms with van der Waals surface area (Å²) in [5.41, 5.74) is 0.841. The van der Waals surface area contributed by atoms with Crippen LogP contribution >= 0.6 is 35.3 Å². The lowest BCUT2D eigenvalue weighted by Crippen LogP contribution is -2.38. The van der Waals surface area contributed by atoms with Crippen LogP contribution < -0.4 is 10.6 Å². The van der Waals surface area contributed by atoms with Gasteiger partial charge in [-0.3, -0.25) is 9.39 Å². The van der Waals surface area contributed by atoms with Crippen LogP contribution in [-0.2, 0) is 19.4 Å². The molecule has 3 aromatic rings. The maximum Gasteiger partial charge on any atom is 0.191 e. The number of nitrogens with zero attached hydrogens (tertiary/aromatic N) is 5. The van der Waals surface area contributed by atoms with Crippen LogP contribution in [-0.4, -0.2) is 39.1 Å². The molecule has 0 aromatic carbocycles. The van der Waals surface area contributed by atoms with E-state index in [4.69, 9.17) is 0 Å². The van der Waals surface area contributed by atoms with E-state index < -0.39 is 0 Å². The zero-order valence-electron chi connectivity index (χ0n) is 14.3. The Morgan fingerprint density at radius 3 is 2.92 bits per heavy atom. The maximum absolute atomic E-state index is 4.43. The third-order valence-electron chi connectivity index (χ3n) is 3.60. The van der Waals surface area contributed by atoms with Crippen molar-refractivity contribution in [3.8, 4) is 0 Å². The minimum atomic E-state index is 0. The highest BCUT2D eigenvalue weighted by Crippen LogP contribution is 2.13. The summed E-state index contributed by atoms with van der Waals surface area (Å²) in [6, 6.07) is 5.85. The Morgan fingerprint density at radius 1 is 1.28 bits per heavy atom. The molecule has 3 rings (SSSR count). The highest BCUT2D eigenvalue weighted by Gasteiger charge is 2.06. The largest absolute Gasteiger partial charge is 0.356 e. The van der Waals surface area contributed by atoms with Crippen LogP contribution in [0.1, 0.15) is 22.6 Å². The van der Waals surface area contributed by atoms with E-state index >= 15 is 0 Å². The van der Waals surface area contributed by atoms with Gasteiger partial charge in [0.2, 0.25) is 0 Å². The first-order valence-corrected chi connectivity index (χ1v) is 8.78. The van der Waals surface area contributed by atoms with E-state index in [1.54, 1.807) is 18.4 Å². The van der Waals surface area contributed by atoms with Gasteiger partial charge in [-0.25, -0.2) is 4.98 Å². The Hall–Kier alpha value is -1.75. The molecule has 2 N–H and O–H groups in total. The van der Waals surface area contributed by atoms with Gasteiger partial charge in [0.05, 0.1) is 11.6 Å². The van der Waals surface area contributed by atoms with Crippen LogP contribution in [0.3, 0.4) is 0 Å². The fraction of sp³-hybridized carbons (Fsp3) is 0.375. The predicted octanol–water partition coefficient (Wildman–Crippen LogP) is 2.27. The van der Waals surface area contributed by atoms with Gasteiger partial charge in [-0.2, -0.15) is 0 Å². The molecular formula is C16H22IN7S. The first-order chi connectivity index (χ1) is 11.8. The molecule has 7 nitrogen and oxygen atoms in total. The molecule has 25 heavy (non-hydrogen) atoms. The predicted molar refractivity (Wildman–Crippen MR) is 112 cm³/mol. The minimum absolute atomic E-state index is 0. The highest BCUT2D eigenvalue weighted by atomic mass is 127. The topological polar surface area (TPSA) is 79.5 Å². The molecule has 0 aliphatic heterocycles. The zero-order chi connectivity index (χ0) is 16.8. The highest BCUT2D eigenvalue weighted by molar-refractivity contribution is 14.0. The average molecular weight is 471 g/mol. The van der Waals surface area contributed by atoms with Gasteiger partial charge in [-0.05, 0) is 18.6 Å². The Balaban J connectivity index is 0.00000225. The van der Waals surface area contributed by atoms with Crippen LogP contribution in [0, 0.1) is 0 Å². The second kappa shape index (κ2) is 9.66. The van der Waals surface area contributed by atoms with Crippen molar-refractivity contribution in [2.24, 2.45) is 4.99 Å². The summed E-state index contributed by atoms with van der Waals surface area (Å²) in [7, 11) is 1.76. The smallest absolute Gasteiger partial charge is 0.191 e. The fourth-order valence-corrected chi connectivity index (χ4v) is 3.17. The van der Waals surface area contributed by atoms with Gasteiger partial charge in [-0.15, -0.1) is 45.5 Å². The van der Waals surface area contributed by atoms with Gasteiger partial charge in [0.15, 0.2) is 17.4 Å². The summed E-state index contributed by atoms with van der Waals surface area (Å²) in [6.07, 6.45) is 5.85. The van der Waals surface area contributed by atoms with Crippen LogP contribution in [0.2, 0.25) is 0 Å². The van der Waals surface area contributed by atoms with E-state index in [9.17, 15) is 0 Å². The molecule has 0 spiro atoms. The molecule has 0 unspecified atom stereocenters. The van der Waals surface area contributed by atoms with Crippen molar-refractivity contribution in [1.82, 2.24) is 30.2 Å². The number of aromatic nitrogens is 4. The Labute approximate surface area is 168 Å².